The van der Waals surface area contributed by atoms with Crippen molar-refractivity contribution >= 4 is 11.3 Å². The van der Waals surface area contributed by atoms with Crippen molar-refractivity contribution in [3.8, 4) is 0 Å². The van der Waals surface area contributed by atoms with E-state index < -0.39 is 0 Å². The summed E-state index contributed by atoms with van der Waals surface area (Å²) in [7, 11) is 0. The monoisotopic (exact) mass is 251 g/mol. The van der Waals surface area contributed by atoms with Gasteiger partial charge in [-0.1, -0.05) is 0 Å². The number of aromatic nitrogens is 1. The van der Waals surface area contributed by atoms with E-state index in [0.717, 1.165) is 25.6 Å². The zero-order chi connectivity index (χ0) is 11.9. The number of piperazine rings is 1. The van der Waals surface area contributed by atoms with Gasteiger partial charge in [-0.05, 0) is 32.6 Å². The molecule has 94 valence electrons. The highest BCUT2D eigenvalue weighted by atomic mass is 32.1. The van der Waals surface area contributed by atoms with Crippen molar-refractivity contribution in [2.24, 2.45) is 5.92 Å². The van der Waals surface area contributed by atoms with Gasteiger partial charge in [0.25, 0.3) is 0 Å². The lowest BCUT2D eigenvalue weighted by atomic mass is 9.89. The normalized spacial score (nSPS) is 35.1. The summed E-state index contributed by atoms with van der Waals surface area (Å²) in [6, 6.07) is 0.606. The lowest BCUT2D eigenvalue weighted by Gasteiger charge is -2.48. The van der Waals surface area contributed by atoms with Crippen LogP contribution >= 0.6 is 11.3 Å². The smallest absolute Gasteiger partial charge is 0.0794 e. The van der Waals surface area contributed by atoms with Gasteiger partial charge in [0.05, 0.1) is 5.51 Å². The average molecular weight is 251 g/mol. The second-order valence-electron chi connectivity index (χ2n) is 5.76. The Hall–Kier alpha value is -0.450. The fraction of sp³-hybridized carbons (Fsp3) is 0.769. The predicted octanol–water partition coefficient (Wildman–Crippen LogP) is 2.11. The minimum Gasteiger partial charge on any atom is -0.311 e. The van der Waals surface area contributed by atoms with Crippen LogP contribution in [0.5, 0.6) is 0 Å². The topological polar surface area (TPSA) is 28.2 Å². The first kappa shape index (κ1) is 11.6. The molecule has 1 aliphatic heterocycles. The number of hydrogen-bond donors (Lipinski definition) is 1. The Balaban J connectivity index is 1.77. The van der Waals surface area contributed by atoms with Crippen LogP contribution < -0.4 is 5.32 Å². The van der Waals surface area contributed by atoms with Crippen LogP contribution in [0.15, 0.2) is 11.7 Å². The van der Waals surface area contributed by atoms with Crippen LogP contribution in [0.25, 0.3) is 0 Å². The first-order chi connectivity index (χ1) is 8.18. The third-order valence-corrected chi connectivity index (χ3v) is 5.08. The average Bonchev–Trinajstić information content (AvgIpc) is 3.05. The molecule has 0 bridgehead atoms. The van der Waals surface area contributed by atoms with Gasteiger partial charge in [0, 0.05) is 42.3 Å². The molecular formula is C13H21N3S. The Morgan fingerprint density at radius 3 is 3.06 bits per heavy atom. The Morgan fingerprint density at radius 2 is 2.41 bits per heavy atom. The van der Waals surface area contributed by atoms with Crippen LogP contribution in [0, 0.1) is 5.92 Å². The SMILES string of the molecule is CC1CN(Cc2cncs2)C(C)(C2CC2)CN1. The Labute approximate surface area is 107 Å². The van der Waals surface area contributed by atoms with E-state index in [4.69, 9.17) is 0 Å². The van der Waals surface area contributed by atoms with Gasteiger partial charge in [-0.2, -0.15) is 0 Å². The van der Waals surface area contributed by atoms with Gasteiger partial charge in [0.15, 0.2) is 0 Å². The van der Waals surface area contributed by atoms with Crippen LogP contribution in [0.3, 0.4) is 0 Å². The first-order valence-corrected chi connectivity index (χ1v) is 7.42. The van der Waals surface area contributed by atoms with E-state index in [1.807, 2.05) is 11.7 Å². The summed E-state index contributed by atoms with van der Waals surface area (Å²) in [5.74, 6) is 0.899. The molecule has 17 heavy (non-hydrogen) atoms. The van der Waals surface area contributed by atoms with E-state index >= 15 is 0 Å². The minimum atomic E-state index is 0.358. The molecule has 2 unspecified atom stereocenters. The zero-order valence-electron chi connectivity index (χ0n) is 10.6. The quantitative estimate of drug-likeness (QED) is 0.892. The highest BCUT2D eigenvalue weighted by molar-refractivity contribution is 7.09. The summed E-state index contributed by atoms with van der Waals surface area (Å²) >= 11 is 1.78. The molecule has 1 N–H and O–H groups in total. The maximum Gasteiger partial charge on any atom is 0.0794 e. The van der Waals surface area contributed by atoms with E-state index in [9.17, 15) is 0 Å². The van der Waals surface area contributed by atoms with Gasteiger partial charge in [-0.3, -0.25) is 9.88 Å². The van der Waals surface area contributed by atoms with Crippen molar-refractivity contribution in [1.82, 2.24) is 15.2 Å². The number of hydrogen-bond acceptors (Lipinski definition) is 4. The van der Waals surface area contributed by atoms with E-state index in [1.165, 1.54) is 17.7 Å². The van der Waals surface area contributed by atoms with E-state index in [1.54, 1.807) is 11.3 Å². The van der Waals surface area contributed by atoms with Crippen LogP contribution in [0.1, 0.15) is 31.6 Å². The third kappa shape index (κ3) is 2.26. The molecule has 1 aliphatic carbocycles. The fourth-order valence-corrected chi connectivity index (χ4v) is 3.57. The fourth-order valence-electron chi connectivity index (χ4n) is 2.96. The standard InChI is InChI=1S/C13H21N3S/c1-10-6-16(7-12-5-14-9-17-12)13(2,8-15-10)11-3-4-11/h5,9-11,15H,3-4,6-8H2,1-2H3. The van der Waals surface area contributed by atoms with Gasteiger partial charge in [-0.25, -0.2) is 0 Å². The van der Waals surface area contributed by atoms with Crippen molar-refractivity contribution < 1.29 is 0 Å². The molecule has 2 atom stereocenters. The molecule has 1 saturated heterocycles. The molecule has 1 aromatic heterocycles. The molecule has 0 radical (unpaired) electrons. The molecule has 0 spiro atoms. The molecule has 4 heteroatoms. The van der Waals surface area contributed by atoms with E-state index in [2.05, 4.69) is 29.0 Å². The Kier molecular flexibility index (Phi) is 2.97. The Morgan fingerprint density at radius 1 is 1.59 bits per heavy atom. The molecule has 2 fully saturated rings. The summed E-state index contributed by atoms with van der Waals surface area (Å²) in [5.41, 5.74) is 2.30. The van der Waals surface area contributed by atoms with Crippen molar-refractivity contribution in [3.63, 3.8) is 0 Å². The molecule has 0 aromatic carbocycles. The lowest BCUT2D eigenvalue weighted by Crippen LogP contribution is -2.63. The van der Waals surface area contributed by atoms with Gasteiger partial charge in [0.2, 0.25) is 0 Å². The van der Waals surface area contributed by atoms with E-state index in [-0.39, 0.29) is 0 Å². The van der Waals surface area contributed by atoms with Gasteiger partial charge >= 0.3 is 0 Å². The maximum absolute atomic E-state index is 4.19. The summed E-state index contributed by atoms with van der Waals surface area (Å²) in [6.45, 7) is 8.09. The van der Waals surface area contributed by atoms with Gasteiger partial charge < -0.3 is 5.32 Å². The summed E-state index contributed by atoms with van der Waals surface area (Å²) < 4.78 is 0. The van der Waals surface area contributed by atoms with Gasteiger partial charge in [-0.15, -0.1) is 11.3 Å². The molecule has 1 saturated carbocycles. The van der Waals surface area contributed by atoms with Crippen molar-refractivity contribution in [2.45, 2.75) is 44.8 Å². The van der Waals surface area contributed by atoms with Gasteiger partial charge in [0.1, 0.15) is 0 Å². The summed E-state index contributed by atoms with van der Waals surface area (Å²) in [5, 5.41) is 3.65. The van der Waals surface area contributed by atoms with Crippen LogP contribution in [-0.2, 0) is 6.54 Å². The van der Waals surface area contributed by atoms with E-state index in [0.29, 0.717) is 11.6 Å². The second-order valence-corrected chi connectivity index (χ2v) is 6.73. The van der Waals surface area contributed by atoms with Crippen molar-refractivity contribution in [1.29, 1.82) is 0 Å². The summed E-state index contributed by atoms with van der Waals surface area (Å²) in [6.07, 6.45) is 4.84. The number of rotatable bonds is 3. The lowest BCUT2D eigenvalue weighted by molar-refractivity contribution is 0.0320. The molecule has 2 heterocycles. The maximum atomic E-state index is 4.19. The molecular weight excluding hydrogens is 230 g/mol. The highest BCUT2D eigenvalue weighted by Gasteiger charge is 2.47. The molecule has 3 nitrogen and oxygen atoms in total. The van der Waals surface area contributed by atoms with Crippen molar-refractivity contribution in [2.75, 3.05) is 13.1 Å². The first-order valence-electron chi connectivity index (χ1n) is 6.54. The highest BCUT2D eigenvalue weighted by Crippen LogP contribution is 2.44. The molecule has 3 rings (SSSR count). The van der Waals surface area contributed by atoms with Crippen molar-refractivity contribution in [3.05, 3.63) is 16.6 Å². The minimum absolute atomic E-state index is 0.358. The molecule has 0 amide bonds. The number of nitrogens with zero attached hydrogens (tertiary/aromatic N) is 2. The number of thiazole rings is 1. The molecule has 1 aromatic rings. The Bertz CT molecular complexity index is 374. The predicted molar refractivity (Wildman–Crippen MR) is 71.1 cm³/mol. The van der Waals surface area contributed by atoms with Crippen LogP contribution in [0.4, 0.5) is 0 Å². The summed E-state index contributed by atoms with van der Waals surface area (Å²) in [4.78, 5) is 8.27. The zero-order valence-corrected chi connectivity index (χ0v) is 11.5. The molecule has 2 aliphatic rings. The largest absolute Gasteiger partial charge is 0.311 e. The second kappa shape index (κ2) is 4.34. The third-order valence-electron chi connectivity index (χ3n) is 4.31. The van der Waals surface area contributed by atoms with Crippen LogP contribution in [-0.4, -0.2) is 34.6 Å². The number of nitrogens with one attached hydrogen (secondary N) is 1. The van der Waals surface area contributed by atoms with Crippen LogP contribution in [0.2, 0.25) is 0 Å².